The Hall–Kier alpha value is -0.410. The maximum atomic E-state index is 4.32. The summed E-state index contributed by atoms with van der Waals surface area (Å²) in [4.78, 5) is 4.32. The first kappa shape index (κ1) is 11.7. The molecule has 14 heavy (non-hydrogen) atoms. The molecule has 1 aromatic heterocycles. The van der Waals surface area contributed by atoms with E-state index in [4.69, 9.17) is 0 Å². The zero-order valence-electron chi connectivity index (χ0n) is 9.50. The zero-order chi connectivity index (χ0) is 10.6. The van der Waals surface area contributed by atoms with Crippen molar-refractivity contribution in [2.75, 3.05) is 0 Å². The quantitative estimate of drug-likeness (QED) is 0.809. The van der Waals surface area contributed by atoms with E-state index in [9.17, 15) is 0 Å². The molecule has 3 heteroatoms. The SMILES string of the molecule is CCCC(C)(C)N[C@@H](C)c1nccs1. The van der Waals surface area contributed by atoms with Gasteiger partial charge in [-0.3, -0.25) is 0 Å². The molecule has 1 atom stereocenters. The average molecular weight is 212 g/mol. The van der Waals surface area contributed by atoms with E-state index in [0.717, 1.165) is 0 Å². The van der Waals surface area contributed by atoms with Gasteiger partial charge in [-0.2, -0.15) is 0 Å². The van der Waals surface area contributed by atoms with Crippen LogP contribution in [0.3, 0.4) is 0 Å². The molecule has 1 N–H and O–H groups in total. The summed E-state index contributed by atoms with van der Waals surface area (Å²) in [6.45, 7) is 8.90. The molecular weight excluding hydrogens is 192 g/mol. The second kappa shape index (κ2) is 4.89. The van der Waals surface area contributed by atoms with Crippen molar-refractivity contribution >= 4 is 11.3 Å². The molecule has 0 aromatic carbocycles. The van der Waals surface area contributed by atoms with E-state index < -0.39 is 0 Å². The molecule has 1 aromatic rings. The first-order valence-corrected chi connectivity index (χ1v) is 6.10. The number of nitrogens with one attached hydrogen (secondary N) is 1. The van der Waals surface area contributed by atoms with Crippen molar-refractivity contribution < 1.29 is 0 Å². The fraction of sp³-hybridized carbons (Fsp3) is 0.727. The summed E-state index contributed by atoms with van der Waals surface area (Å²) < 4.78 is 0. The number of aromatic nitrogens is 1. The van der Waals surface area contributed by atoms with E-state index in [0.29, 0.717) is 6.04 Å². The summed E-state index contributed by atoms with van der Waals surface area (Å²) in [5.74, 6) is 0. The Morgan fingerprint density at radius 3 is 2.79 bits per heavy atom. The van der Waals surface area contributed by atoms with Crippen molar-refractivity contribution in [2.24, 2.45) is 0 Å². The van der Waals surface area contributed by atoms with Crippen LogP contribution in [0.4, 0.5) is 0 Å². The summed E-state index contributed by atoms with van der Waals surface area (Å²) in [5.41, 5.74) is 0.208. The van der Waals surface area contributed by atoms with E-state index in [1.54, 1.807) is 11.3 Å². The molecule has 1 rings (SSSR count). The summed E-state index contributed by atoms with van der Waals surface area (Å²) in [5, 5.41) is 6.81. The van der Waals surface area contributed by atoms with E-state index >= 15 is 0 Å². The summed E-state index contributed by atoms with van der Waals surface area (Å²) in [7, 11) is 0. The van der Waals surface area contributed by atoms with Gasteiger partial charge in [0.2, 0.25) is 0 Å². The molecule has 80 valence electrons. The normalized spacial score (nSPS) is 14.3. The summed E-state index contributed by atoms with van der Waals surface area (Å²) in [6, 6.07) is 0.358. The molecular formula is C11H20N2S. The van der Waals surface area contributed by atoms with Crippen LogP contribution in [-0.4, -0.2) is 10.5 Å². The van der Waals surface area contributed by atoms with Crippen LogP contribution in [0.5, 0.6) is 0 Å². The average Bonchev–Trinajstić information content (AvgIpc) is 2.53. The molecule has 0 unspecified atom stereocenters. The highest BCUT2D eigenvalue weighted by Crippen LogP contribution is 2.20. The van der Waals surface area contributed by atoms with E-state index in [2.05, 4.69) is 38.0 Å². The van der Waals surface area contributed by atoms with E-state index in [1.807, 2.05) is 11.6 Å². The van der Waals surface area contributed by atoms with Crippen molar-refractivity contribution in [1.82, 2.24) is 10.3 Å². The van der Waals surface area contributed by atoms with Gasteiger partial charge in [0.1, 0.15) is 5.01 Å². The molecule has 0 saturated carbocycles. The van der Waals surface area contributed by atoms with E-state index in [1.165, 1.54) is 17.8 Å². The predicted octanol–water partition coefficient (Wildman–Crippen LogP) is 3.37. The summed E-state index contributed by atoms with van der Waals surface area (Å²) in [6.07, 6.45) is 4.28. The number of hydrogen-bond donors (Lipinski definition) is 1. The standard InChI is InChI=1S/C11H20N2S/c1-5-6-11(3,4)13-9(2)10-12-7-8-14-10/h7-9,13H,5-6H2,1-4H3/t9-/m0/s1. The van der Waals surface area contributed by atoms with Gasteiger partial charge in [0, 0.05) is 17.1 Å². The first-order chi connectivity index (χ1) is 6.55. The number of hydrogen-bond acceptors (Lipinski definition) is 3. The van der Waals surface area contributed by atoms with Gasteiger partial charge in [0.05, 0.1) is 6.04 Å². The predicted molar refractivity (Wildman–Crippen MR) is 62.7 cm³/mol. The molecule has 1 heterocycles. The Kier molecular flexibility index (Phi) is 4.08. The number of thiazole rings is 1. The fourth-order valence-electron chi connectivity index (χ4n) is 1.79. The zero-order valence-corrected chi connectivity index (χ0v) is 10.3. The van der Waals surface area contributed by atoms with Crippen LogP contribution in [0.2, 0.25) is 0 Å². The van der Waals surface area contributed by atoms with Crippen LogP contribution in [-0.2, 0) is 0 Å². The molecule has 0 radical (unpaired) electrons. The van der Waals surface area contributed by atoms with Gasteiger partial charge in [-0.05, 0) is 27.2 Å². The third-order valence-electron chi connectivity index (χ3n) is 2.30. The lowest BCUT2D eigenvalue weighted by atomic mass is 9.98. The highest BCUT2D eigenvalue weighted by atomic mass is 32.1. The molecule has 2 nitrogen and oxygen atoms in total. The molecule has 0 fully saturated rings. The third-order valence-corrected chi connectivity index (χ3v) is 3.26. The molecule has 0 saturated heterocycles. The van der Waals surface area contributed by atoms with E-state index in [-0.39, 0.29) is 5.54 Å². The Balaban J connectivity index is 2.52. The lowest BCUT2D eigenvalue weighted by molar-refractivity contribution is 0.323. The highest BCUT2D eigenvalue weighted by Gasteiger charge is 2.20. The molecule has 0 aliphatic rings. The van der Waals surface area contributed by atoms with Crippen LogP contribution in [0, 0.1) is 0 Å². The minimum atomic E-state index is 0.208. The fourth-order valence-corrected chi connectivity index (χ4v) is 2.44. The van der Waals surface area contributed by atoms with Crippen LogP contribution < -0.4 is 5.32 Å². The maximum absolute atomic E-state index is 4.32. The van der Waals surface area contributed by atoms with Gasteiger partial charge in [0.15, 0.2) is 0 Å². The van der Waals surface area contributed by atoms with Crippen molar-refractivity contribution in [1.29, 1.82) is 0 Å². The van der Waals surface area contributed by atoms with Crippen molar-refractivity contribution in [3.05, 3.63) is 16.6 Å². The molecule has 0 amide bonds. The third kappa shape index (κ3) is 3.39. The molecule has 0 spiro atoms. The smallest absolute Gasteiger partial charge is 0.109 e. The van der Waals surface area contributed by atoms with Crippen molar-refractivity contribution in [3.8, 4) is 0 Å². The number of rotatable bonds is 5. The molecule has 0 aliphatic carbocycles. The topological polar surface area (TPSA) is 24.9 Å². The van der Waals surface area contributed by atoms with Gasteiger partial charge < -0.3 is 5.32 Å². The monoisotopic (exact) mass is 212 g/mol. The van der Waals surface area contributed by atoms with Crippen LogP contribution in [0.25, 0.3) is 0 Å². The summed E-state index contributed by atoms with van der Waals surface area (Å²) >= 11 is 1.72. The van der Waals surface area contributed by atoms with Gasteiger partial charge >= 0.3 is 0 Å². The van der Waals surface area contributed by atoms with Gasteiger partial charge in [-0.1, -0.05) is 13.3 Å². The lowest BCUT2D eigenvalue weighted by Crippen LogP contribution is -2.40. The van der Waals surface area contributed by atoms with Gasteiger partial charge in [0.25, 0.3) is 0 Å². The Morgan fingerprint density at radius 2 is 2.29 bits per heavy atom. The van der Waals surface area contributed by atoms with Gasteiger partial charge in [-0.25, -0.2) is 4.98 Å². The molecule has 0 bridgehead atoms. The molecule has 0 aliphatic heterocycles. The van der Waals surface area contributed by atoms with Crippen LogP contribution >= 0.6 is 11.3 Å². The lowest BCUT2D eigenvalue weighted by Gasteiger charge is -2.29. The van der Waals surface area contributed by atoms with Crippen molar-refractivity contribution in [2.45, 2.75) is 52.1 Å². The Labute approximate surface area is 90.8 Å². The van der Waals surface area contributed by atoms with Gasteiger partial charge in [-0.15, -0.1) is 11.3 Å². The van der Waals surface area contributed by atoms with Crippen LogP contribution in [0.15, 0.2) is 11.6 Å². The largest absolute Gasteiger partial charge is 0.303 e. The first-order valence-electron chi connectivity index (χ1n) is 5.22. The Morgan fingerprint density at radius 1 is 1.57 bits per heavy atom. The van der Waals surface area contributed by atoms with Crippen LogP contribution in [0.1, 0.15) is 51.6 Å². The highest BCUT2D eigenvalue weighted by molar-refractivity contribution is 7.09. The Bertz CT molecular complexity index is 254. The minimum Gasteiger partial charge on any atom is -0.303 e. The second-order valence-corrected chi connectivity index (χ2v) is 5.30. The second-order valence-electron chi connectivity index (χ2n) is 4.37. The minimum absolute atomic E-state index is 0.208. The maximum Gasteiger partial charge on any atom is 0.109 e. The van der Waals surface area contributed by atoms with Crippen molar-refractivity contribution in [3.63, 3.8) is 0 Å². The number of nitrogens with zero attached hydrogens (tertiary/aromatic N) is 1.